The predicted octanol–water partition coefficient (Wildman–Crippen LogP) is 2.10. The van der Waals surface area contributed by atoms with Gasteiger partial charge in [0.2, 0.25) is 11.5 Å². The van der Waals surface area contributed by atoms with Crippen LogP contribution in [0.2, 0.25) is 0 Å². The van der Waals surface area contributed by atoms with E-state index in [0.29, 0.717) is 47.9 Å². The molecule has 6 N–H and O–H groups in total. The molecule has 4 rings (SSSR count). The Kier molecular flexibility index (Phi) is 2.51. The molecule has 6 heteroatoms. The molecule has 0 heterocycles. The van der Waals surface area contributed by atoms with E-state index in [1.54, 1.807) is 0 Å². The van der Waals surface area contributed by atoms with Gasteiger partial charge in [0.1, 0.15) is 0 Å². The van der Waals surface area contributed by atoms with Gasteiger partial charge in [0.15, 0.2) is 23.0 Å². The van der Waals surface area contributed by atoms with Crippen LogP contribution in [0.1, 0.15) is 35.1 Å². The van der Waals surface area contributed by atoms with E-state index in [-0.39, 0.29) is 11.5 Å². The van der Waals surface area contributed by atoms with Crippen LogP contribution in [0, 0.1) is 0 Å². The van der Waals surface area contributed by atoms with E-state index in [1.807, 2.05) is 0 Å². The lowest BCUT2D eigenvalue weighted by atomic mass is 9.76. The monoisotopic (exact) mass is 316 g/mol. The van der Waals surface area contributed by atoms with Crippen LogP contribution in [0.15, 0.2) is 12.1 Å². The molecular weight excluding hydrogens is 300 g/mol. The van der Waals surface area contributed by atoms with Gasteiger partial charge in [-0.2, -0.15) is 0 Å². The Labute approximate surface area is 131 Å². The van der Waals surface area contributed by atoms with Gasteiger partial charge in [0, 0.05) is 16.5 Å². The van der Waals surface area contributed by atoms with Gasteiger partial charge in [-0.25, -0.2) is 0 Å². The summed E-state index contributed by atoms with van der Waals surface area (Å²) in [7, 11) is 0. The molecule has 120 valence electrons. The van der Waals surface area contributed by atoms with Gasteiger partial charge in [-0.05, 0) is 48.9 Å². The quantitative estimate of drug-likeness (QED) is 0.414. The average Bonchev–Trinajstić information content (AvgIpc) is 3.07. The van der Waals surface area contributed by atoms with Crippen molar-refractivity contribution in [1.29, 1.82) is 0 Å². The van der Waals surface area contributed by atoms with Gasteiger partial charge in [0.05, 0.1) is 0 Å². The topological polar surface area (TPSA) is 121 Å². The highest BCUT2D eigenvalue weighted by Crippen LogP contribution is 2.59. The molecule has 2 aromatic carbocycles. The van der Waals surface area contributed by atoms with E-state index in [1.165, 1.54) is 12.1 Å². The molecule has 0 bridgehead atoms. The lowest BCUT2D eigenvalue weighted by Crippen LogP contribution is -2.21. The summed E-state index contributed by atoms with van der Waals surface area (Å²) in [5.41, 5.74) is 1.96. The van der Waals surface area contributed by atoms with Crippen molar-refractivity contribution in [2.45, 2.75) is 31.1 Å². The Bertz CT molecular complexity index is 784. The Morgan fingerprint density at radius 1 is 0.609 bits per heavy atom. The number of phenols is 6. The lowest BCUT2D eigenvalue weighted by molar-refractivity contribution is 0.364. The molecule has 0 unspecified atom stereocenters. The van der Waals surface area contributed by atoms with Crippen molar-refractivity contribution in [2.75, 3.05) is 0 Å². The first-order valence-electron chi connectivity index (χ1n) is 7.41. The highest BCUT2D eigenvalue weighted by molar-refractivity contribution is 5.68. The minimum absolute atomic E-state index is 0.322. The first-order chi connectivity index (χ1) is 10.9. The third-order valence-corrected chi connectivity index (χ3v) is 5.35. The summed E-state index contributed by atoms with van der Waals surface area (Å²) in [6, 6.07) is 2.88. The maximum Gasteiger partial charge on any atom is 0.200 e. The fourth-order valence-corrected chi connectivity index (χ4v) is 4.21. The Balaban J connectivity index is 2.01. The largest absolute Gasteiger partial charge is 0.504 e. The van der Waals surface area contributed by atoms with Crippen molar-refractivity contribution in [1.82, 2.24) is 0 Å². The second kappa shape index (κ2) is 4.16. The second-order valence-corrected chi connectivity index (χ2v) is 6.32. The molecule has 0 radical (unpaired) electrons. The number of hydrogen-bond donors (Lipinski definition) is 6. The lowest BCUT2D eigenvalue weighted by Gasteiger charge is -2.27. The molecule has 1 spiro atoms. The van der Waals surface area contributed by atoms with Crippen LogP contribution in [0.5, 0.6) is 34.5 Å². The fraction of sp³-hybridized carbons (Fsp3) is 0.294. The maximum absolute atomic E-state index is 10.1. The zero-order chi connectivity index (χ0) is 16.5. The molecule has 2 aliphatic carbocycles. The Morgan fingerprint density at radius 2 is 1.00 bits per heavy atom. The average molecular weight is 316 g/mol. The molecule has 0 fully saturated rings. The minimum atomic E-state index is -0.560. The molecule has 0 atom stereocenters. The molecular formula is C17H16O6. The van der Waals surface area contributed by atoms with Crippen LogP contribution in [-0.4, -0.2) is 30.6 Å². The van der Waals surface area contributed by atoms with Gasteiger partial charge < -0.3 is 30.6 Å². The molecule has 0 amide bonds. The number of benzene rings is 2. The zero-order valence-electron chi connectivity index (χ0n) is 12.2. The van der Waals surface area contributed by atoms with Crippen molar-refractivity contribution in [2.24, 2.45) is 0 Å². The summed E-state index contributed by atoms with van der Waals surface area (Å²) in [5.74, 6) is -2.51. The van der Waals surface area contributed by atoms with Crippen LogP contribution < -0.4 is 0 Å². The highest BCUT2D eigenvalue weighted by atomic mass is 16.3. The van der Waals surface area contributed by atoms with Crippen molar-refractivity contribution in [3.63, 3.8) is 0 Å². The number of phenolic OH excluding ortho intramolecular Hbond substituents is 6. The second-order valence-electron chi connectivity index (χ2n) is 6.32. The van der Waals surface area contributed by atoms with Gasteiger partial charge in [0.25, 0.3) is 0 Å². The van der Waals surface area contributed by atoms with E-state index >= 15 is 0 Å². The summed E-state index contributed by atoms with van der Waals surface area (Å²) in [4.78, 5) is 0. The van der Waals surface area contributed by atoms with Gasteiger partial charge >= 0.3 is 0 Å². The smallest absolute Gasteiger partial charge is 0.200 e. The minimum Gasteiger partial charge on any atom is -0.504 e. The molecule has 0 aliphatic heterocycles. The predicted molar refractivity (Wildman–Crippen MR) is 80.3 cm³/mol. The SMILES string of the molecule is Oc1cc2c(c(O)c1O)CCC21CCc2c1cc(O)c(O)c2O. The van der Waals surface area contributed by atoms with E-state index in [2.05, 4.69) is 0 Å². The van der Waals surface area contributed by atoms with Crippen molar-refractivity contribution < 1.29 is 30.6 Å². The molecule has 0 saturated carbocycles. The summed E-state index contributed by atoms with van der Waals surface area (Å²) >= 11 is 0. The zero-order valence-corrected chi connectivity index (χ0v) is 12.2. The van der Waals surface area contributed by atoms with E-state index < -0.39 is 28.4 Å². The van der Waals surface area contributed by atoms with Crippen LogP contribution in [0.25, 0.3) is 0 Å². The van der Waals surface area contributed by atoms with Gasteiger partial charge in [-0.1, -0.05) is 0 Å². The standard InChI is InChI=1S/C17H16O6/c18-11-5-9-7(13(20)15(11)22)1-3-17(9)4-2-8-10(17)6-12(19)16(23)14(8)21/h5-6,18-23H,1-4H2. The summed E-state index contributed by atoms with van der Waals surface area (Å²) in [6.45, 7) is 0. The fourth-order valence-electron chi connectivity index (χ4n) is 4.21. The van der Waals surface area contributed by atoms with Gasteiger partial charge in [-0.15, -0.1) is 0 Å². The Morgan fingerprint density at radius 3 is 1.39 bits per heavy atom. The number of fused-ring (bicyclic) bond motifs is 4. The molecule has 23 heavy (non-hydrogen) atoms. The highest BCUT2D eigenvalue weighted by Gasteiger charge is 2.48. The van der Waals surface area contributed by atoms with Crippen LogP contribution >= 0.6 is 0 Å². The van der Waals surface area contributed by atoms with Crippen LogP contribution in [0.3, 0.4) is 0 Å². The molecule has 6 nitrogen and oxygen atoms in total. The van der Waals surface area contributed by atoms with Gasteiger partial charge in [-0.3, -0.25) is 0 Å². The summed E-state index contributed by atoms with van der Waals surface area (Å²) < 4.78 is 0. The summed E-state index contributed by atoms with van der Waals surface area (Å²) in [5, 5.41) is 59.3. The van der Waals surface area contributed by atoms with E-state index in [4.69, 9.17) is 0 Å². The molecule has 0 aromatic heterocycles. The van der Waals surface area contributed by atoms with Crippen LogP contribution in [0.4, 0.5) is 0 Å². The van der Waals surface area contributed by atoms with Crippen LogP contribution in [-0.2, 0) is 18.3 Å². The summed E-state index contributed by atoms with van der Waals surface area (Å²) in [6.07, 6.45) is 2.26. The third kappa shape index (κ3) is 1.52. The number of hydrogen-bond acceptors (Lipinski definition) is 6. The van der Waals surface area contributed by atoms with Crippen molar-refractivity contribution >= 4 is 0 Å². The maximum atomic E-state index is 10.1. The molecule has 2 aromatic rings. The molecule has 0 saturated heterocycles. The van der Waals surface area contributed by atoms with E-state index in [0.717, 1.165) is 0 Å². The Hall–Kier alpha value is -2.76. The number of aromatic hydroxyl groups is 6. The molecule has 2 aliphatic rings. The number of rotatable bonds is 0. The van der Waals surface area contributed by atoms with E-state index in [9.17, 15) is 30.6 Å². The first kappa shape index (κ1) is 13.9. The first-order valence-corrected chi connectivity index (χ1v) is 7.41. The third-order valence-electron chi connectivity index (χ3n) is 5.35. The normalized spacial score (nSPS) is 17.4. The van der Waals surface area contributed by atoms with Crippen molar-refractivity contribution in [3.8, 4) is 34.5 Å². The van der Waals surface area contributed by atoms with Crippen molar-refractivity contribution in [3.05, 3.63) is 34.4 Å².